The van der Waals surface area contributed by atoms with Gasteiger partial charge in [0, 0.05) is 36.7 Å². The van der Waals surface area contributed by atoms with Gasteiger partial charge in [-0.2, -0.15) is 0 Å². The first-order valence-corrected chi connectivity index (χ1v) is 6.35. The van der Waals surface area contributed by atoms with E-state index in [1.54, 1.807) is 0 Å². The second kappa shape index (κ2) is 6.26. The van der Waals surface area contributed by atoms with E-state index in [1.165, 1.54) is 11.1 Å². The maximum Gasteiger partial charge on any atom is 0.0451 e. The highest BCUT2D eigenvalue weighted by Crippen LogP contribution is 2.18. The second-order valence-corrected chi connectivity index (χ2v) is 4.36. The van der Waals surface area contributed by atoms with Crippen LogP contribution in [0.4, 0.5) is 0 Å². The number of nitrogens with zero attached hydrogens (tertiary/aromatic N) is 2. The Morgan fingerprint density at radius 1 is 1.17 bits per heavy atom. The molecule has 0 fully saturated rings. The van der Waals surface area contributed by atoms with Crippen LogP contribution in [0.2, 0.25) is 0 Å². The Labute approximate surface area is 108 Å². The first-order chi connectivity index (χ1) is 8.81. The summed E-state index contributed by atoms with van der Waals surface area (Å²) in [5.74, 6) is 0. The van der Waals surface area contributed by atoms with Gasteiger partial charge >= 0.3 is 0 Å². The summed E-state index contributed by atoms with van der Waals surface area (Å²) in [6.07, 6.45) is 6.44. The first-order valence-electron chi connectivity index (χ1n) is 6.35. The summed E-state index contributed by atoms with van der Waals surface area (Å²) in [4.78, 5) is 8.54. The van der Waals surface area contributed by atoms with Gasteiger partial charge in [0.05, 0.1) is 0 Å². The van der Waals surface area contributed by atoms with Crippen molar-refractivity contribution < 1.29 is 0 Å². The van der Waals surface area contributed by atoms with Crippen molar-refractivity contribution in [3.8, 4) is 0 Å². The fraction of sp³-hybridized carbons (Fsp3) is 0.333. The van der Waals surface area contributed by atoms with Gasteiger partial charge in [0.2, 0.25) is 0 Å². The van der Waals surface area contributed by atoms with Gasteiger partial charge in [0.1, 0.15) is 0 Å². The molecule has 94 valence electrons. The van der Waals surface area contributed by atoms with Crippen LogP contribution in [0.25, 0.3) is 0 Å². The van der Waals surface area contributed by atoms with Crippen LogP contribution in [-0.4, -0.2) is 16.5 Å². The molecule has 0 aliphatic heterocycles. The molecule has 3 heteroatoms. The summed E-state index contributed by atoms with van der Waals surface area (Å²) in [6, 6.07) is 8.51. The van der Waals surface area contributed by atoms with Gasteiger partial charge in [-0.15, -0.1) is 0 Å². The first kappa shape index (κ1) is 12.7. The van der Waals surface area contributed by atoms with Crippen LogP contribution in [0, 0.1) is 6.92 Å². The summed E-state index contributed by atoms with van der Waals surface area (Å²) in [6.45, 7) is 5.18. The lowest BCUT2D eigenvalue weighted by molar-refractivity contribution is 0.542. The van der Waals surface area contributed by atoms with E-state index in [0.717, 1.165) is 18.7 Å². The molecule has 0 aliphatic rings. The predicted molar refractivity (Wildman–Crippen MR) is 73.3 cm³/mol. The van der Waals surface area contributed by atoms with E-state index < -0.39 is 0 Å². The molecule has 0 bridgehead atoms. The number of aromatic nitrogens is 2. The van der Waals surface area contributed by atoms with Crippen LogP contribution in [0.15, 0.2) is 42.9 Å². The highest BCUT2D eigenvalue weighted by atomic mass is 14.9. The molecular weight excluding hydrogens is 222 g/mol. The van der Waals surface area contributed by atoms with Gasteiger partial charge in [-0.3, -0.25) is 9.97 Å². The summed E-state index contributed by atoms with van der Waals surface area (Å²) in [7, 11) is 0. The summed E-state index contributed by atoms with van der Waals surface area (Å²) in [5.41, 5.74) is 3.66. The number of nitrogens with one attached hydrogen (secondary N) is 1. The lowest BCUT2D eigenvalue weighted by Gasteiger charge is -2.18. The Bertz CT molecular complexity index is 482. The number of hydrogen-bond acceptors (Lipinski definition) is 3. The van der Waals surface area contributed by atoms with Crippen LogP contribution in [0.5, 0.6) is 0 Å². The number of pyridine rings is 2. The second-order valence-electron chi connectivity index (χ2n) is 4.36. The van der Waals surface area contributed by atoms with Crippen LogP contribution in [0.1, 0.15) is 29.8 Å². The van der Waals surface area contributed by atoms with Crippen molar-refractivity contribution in [2.24, 2.45) is 0 Å². The third-order valence-electron chi connectivity index (χ3n) is 3.07. The Balaban J connectivity index is 2.19. The average molecular weight is 241 g/mol. The minimum atomic E-state index is 0.298. The van der Waals surface area contributed by atoms with Crippen molar-refractivity contribution >= 4 is 0 Å². The van der Waals surface area contributed by atoms with Crippen LogP contribution in [-0.2, 0) is 6.42 Å². The molecule has 0 radical (unpaired) electrons. The maximum atomic E-state index is 4.47. The topological polar surface area (TPSA) is 37.8 Å². The molecule has 2 rings (SSSR count). The molecule has 0 aromatic carbocycles. The van der Waals surface area contributed by atoms with Gasteiger partial charge in [0.15, 0.2) is 0 Å². The van der Waals surface area contributed by atoms with E-state index in [1.807, 2.05) is 24.7 Å². The molecule has 2 aromatic rings. The average Bonchev–Trinajstić information content (AvgIpc) is 2.42. The van der Waals surface area contributed by atoms with E-state index in [-0.39, 0.29) is 0 Å². The zero-order chi connectivity index (χ0) is 12.8. The van der Waals surface area contributed by atoms with Crippen molar-refractivity contribution in [3.05, 3.63) is 59.7 Å². The zero-order valence-electron chi connectivity index (χ0n) is 10.9. The fourth-order valence-electron chi connectivity index (χ4n) is 2.08. The van der Waals surface area contributed by atoms with Crippen molar-refractivity contribution in [3.63, 3.8) is 0 Å². The smallest absolute Gasteiger partial charge is 0.0451 e. The molecule has 2 heterocycles. The maximum absolute atomic E-state index is 4.47. The highest BCUT2D eigenvalue weighted by molar-refractivity contribution is 5.23. The van der Waals surface area contributed by atoms with E-state index in [9.17, 15) is 0 Å². The van der Waals surface area contributed by atoms with Crippen molar-refractivity contribution in [2.45, 2.75) is 26.3 Å². The molecule has 3 nitrogen and oxygen atoms in total. The standard InChI is InChI=1S/C15H19N3/c1-3-17-15(13-6-9-16-10-7-13)11-14-12(2)5-4-8-18-14/h4-10,15,17H,3,11H2,1-2H3. The van der Waals surface area contributed by atoms with Crippen molar-refractivity contribution in [2.75, 3.05) is 6.54 Å². The summed E-state index contributed by atoms with van der Waals surface area (Å²) < 4.78 is 0. The minimum Gasteiger partial charge on any atom is -0.310 e. The molecule has 1 unspecified atom stereocenters. The van der Waals surface area contributed by atoms with Gasteiger partial charge in [-0.05, 0) is 42.8 Å². The van der Waals surface area contributed by atoms with Crippen molar-refractivity contribution in [1.82, 2.24) is 15.3 Å². The van der Waals surface area contributed by atoms with Gasteiger partial charge in [0.25, 0.3) is 0 Å². The summed E-state index contributed by atoms with van der Waals surface area (Å²) in [5, 5.41) is 3.51. The molecule has 1 atom stereocenters. The molecule has 0 spiro atoms. The van der Waals surface area contributed by atoms with Gasteiger partial charge in [-0.1, -0.05) is 13.0 Å². The summed E-state index contributed by atoms with van der Waals surface area (Å²) >= 11 is 0. The quantitative estimate of drug-likeness (QED) is 0.874. The Morgan fingerprint density at radius 2 is 1.94 bits per heavy atom. The highest BCUT2D eigenvalue weighted by Gasteiger charge is 2.12. The van der Waals surface area contributed by atoms with E-state index >= 15 is 0 Å². The lowest BCUT2D eigenvalue weighted by Crippen LogP contribution is -2.23. The van der Waals surface area contributed by atoms with Gasteiger partial charge < -0.3 is 5.32 Å². The van der Waals surface area contributed by atoms with E-state index in [2.05, 4.69) is 47.3 Å². The molecule has 0 amide bonds. The third kappa shape index (κ3) is 3.14. The Kier molecular flexibility index (Phi) is 4.42. The van der Waals surface area contributed by atoms with Crippen LogP contribution < -0.4 is 5.32 Å². The van der Waals surface area contributed by atoms with Crippen molar-refractivity contribution in [1.29, 1.82) is 0 Å². The largest absolute Gasteiger partial charge is 0.310 e. The predicted octanol–water partition coefficient (Wildman–Crippen LogP) is 2.68. The Hall–Kier alpha value is -1.74. The number of likely N-dealkylation sites (N-methyl/N-ethyl adjacent to an activating group) is 1. The molecule has 1 N–H and O–H groups in total. The van der Waals surface area contributed by atoms with Crippen LogP contribution in [0.3, 0.4) is 0 Å². The monoisotopic (exact) mass is 241 g/mol. The molecule has 0 saturated carbocycles. The van der Waals surface area contributed by atoms with Gasteiger partial charge in [-0.25, -0.2) is 0 Å². The lowest BCUT2D eigenvalue weighted by atomic mass is 10.0. The molecule has 0 saturated heterocycles. The fourth-order valence-corrected chi connectivity index (χ4v) is 2.08. The zero-order valence-corrected chi connectivity index (χ0v) is 10.9. The van der Waals surface area contributed by atoms with Crippen LogP contribution >= 0.6 is 0 Å². The molecule has 18 heavy (non-hydrogen) atoms. The Morgan fingerprint density at radius 3 is 2.61 bits per heavy atom. The molecule has 2 aromatic heterocycles. The van der Waals surface area contributed by atoms with E-state index in [0.29, 0.717) is 6.04 Å². The third-order valence-corrected chi connectivity index (χ3v) is 3.07. The SMILES string of the molecule is CCNC(Cc1ncccc1C)c1ccncc1. The normalized spacial score (nSPS) is 12.3. The number of aryl methyl sites for hydroxylation is 1. The minimum absolute atomic E-state index is 0.298. The number of hydrogen-bond donors (Lipinski definition) is 1. The van der Waals surface area contributed by atoms with E-state index in [4.69, 9.17) is 0 Å². The molecule has 0 aliphatic carbocycles. The molecular formula is C15H19N3. The number of rotatable bonds is 5.